The molecular formula is C12H15NO6S. The predicted octanol–water partition coefficient (Wildman–Crippen LogP) is 0.0656. The maximum atomic E-state index is 11.7. The Morgan fingerprint density at radius 2 is 1.90 bits per heavy atom. The molecule has 1 aromatic rings. The highest BCUT2D eigenvalue weighted by atomic mass is 32.2. The molecule has 8 heteroatoms. The Morgan fingerprint density at radius 3 is 2.50 bits per heavy atom. The SMILES string of the molecule is COC(=O)CNS(=O)(=O)Cc1cccc(C(=O)OC)c1. The van der Waals surface area contributed by atoms with Gasteiger partial charge in [0, 0.05) is 0 Å². The molecular weight excluding hydrogens is 286 g/mol. The number of rotatable bonds is 6. The van der Waals surface area contributed by atoms with Crippen LogP contribution in [0.1, 0.15) is 15.9 Å². The zero-order valence-electron chi connectivity index (χ0n) is 11.1. The van der Waals surface area contributed by atoms with E-state index in [0.717, 1.165) is 7.11 Å². The van der Waals surface area contributed by atoms with Crippen LogP contribution in [0.25, 0.3) is 0 Å². The van der Waals surface area contributed by atoms with Gasteiger partial charge in [0.1, 0.15) is 6.54 Å². The fourth-order valence-electron chi connectivity index (χ4n) is 1.42. The molecule has 0 unspecified atom stereocenters. The van der Waals surface area contributed by atoms with Crippen LogP contribution in [0.5, 0.6) is 0 Å². The number of esters is 2. The van der Waals surface area contributed by atoms with E-state index in [1.807, 2.05) is 0 Å². The van der Waals surface area contributed by atoms with Gasteiger partial charge in [-0.05, 0) is 17.7 Å². The molecule has 0 aliphatic heterocycles. The third kappa shape index (κ3) is 4.98. The zero-order valence-corrected chi connectivity index (χ0v) is 11.9. The molecule has 0 saturated carbocycles. The first-order chi connectivity index (χ1) is 9.38. The van der Waals surface area contributed by atoms with Crippen molar-refractivity contribution in [2.45, 2.75) is 5.75 Å². The summed E-state index contributed by atoms with van der Waals surface area (Å²) in [6.45, 7) is -0.435. The molecule has 110 valence electrons. The van der Waals surface area contributed by atoms with Crippen LogP contribution in [0.3, 0.4) is 0 Å². The Bertz CT molecular complexity index is 596. The van der Waals surface area contributed by atoms with E-state index < -0.39 is 28.5 Å². The van der Waals surface area contributed by atoms with E-state index in [-0.39, 0.29) is 11.3 Å². The van der Waals surface area contributed by atoms with Crippen LogP contribution in [-0.4, -0.2) is 41.1 Å². The lowest BCUT2D eigenvalue weighted by atomic mass is 10.1. The molecule has 0 heterocycles. The summed E-state index contributed by atoms with van der Waals surface area (Å²) in [5, 5.41) is 0. The summed E-state index contributed by atoms with van der Waals surface area (Å²) in [7, 11) is -1.29. The molecule has 0 fully saturated rings. The Balaban J connectivity index is 2.77. The van der Waals surface area contributed by atoms with Crippen LogP contribution >= 0.6 is 0 Å². The molecule has 1 N–H and O–H groups in total. The van der Waals surface area contributed by atoms with E-state index in [9.17, 15) is 18.0 Å². The van der Waals surface area contributed by atoms with Crippen molar-refractivity contribution < 1.29 is 27.5 Å². The maximum absolute atomic E-state index is 11.7. The Hall–Kier alpha value is -1.93. The summed E-state index contributed by atoms with van der Waals surface area (Å²) < 4.78 is 34.5. The number of carbonyl (C=O) groups excluding carboxylic acids is 2. The lowest BCUT2D eigenvalue weighted by Gasteiger charge is -2.07. The minimum absolute atomic E-state index is 0.258. The van der Waals surface area contributed by atoms with Crippen LogP contribution in [-0.2, 0) is 30.0 Å². The van der Waals surface area contributed by atoms with Crippen molar-refractivity contribution in [2.24, 2.45) is 0 Å². The van der Waals surface area contributed by atoms with Crippen molar-refractivity contribution in [1.82, 2.24) is 4.72 Å². The van der Waals surface area contributed by atoms with E-state index in [1.165, 1.54) is 19.2 Å². The molecule has 0 spiro atoms. The van der Waals surface area contributed by atoms with Gasteiger partial charge in [-0.25, -0.2) is 17.9 Å². The molecule has 1 aromatic carbocycles. The molecule has 0 aromatic heterocycles. The zero-order chi connectivity index (χ0) is 15.2. The number of hydrogen-bond donors (Lipinski definition) is 1. The van der Waals surface area contributed by atoms with Gasteiger partial charge in [-0.1, -0.05) is 12.1 Å². The first kappa shape index (κ1) is 16.1. The van der Waals surface area contributed by atoms with Crippen LogP contribution in [0, 0.1) is 0 Å². The minimum atomic E-state index is -3.69. The molecule has 20 heavy (non-hydrogen) atoms. The van der Waals surface area contributed by atoms with E-state index in [1.54, 1.807) is 12.1 Å². The summed E-state index contributed by atoms with van der Waals surface area (Å²) in [6.07, 6.45) is 0. The van der Waals surface area contributed by atoms with Gasteiger partial charge >= 0.3 is 11.9 Å². The van der Waals surface area contributed by atoms with Gasteiger partial charge in [-0.3, -0.25) is 4.79 Å². The molecule has 0 atom stereocenters. The number of ether oxygens (including phenoxy) is 2. The third-order valence-corrected chi connectivity index (χ3v) is 3.67. The van der Waals surface area contributed by atoms with Crippen molar-refractivity contribution >= 4 is 22.0 Å². The summed E-state index contributed by atoms with van der Waals surface area (Å²) in [4.78, 5) is 22.2. The predicted molar refractivity (Wildman–Crippen MR) is 70.4 cm³/mol. The van der Waals surface area contributed by atoms with Crippen LogP contribution in [0.4, 0.5) is 0 Å². The second kappa shape index (κ2) is 7.01. The van der Waals surface area contributed by atoms with Gasteiger partial charge in [-0.15, -0.1) is 0 Å². The van der Waals surface area contributed by atoms with Crippen LogP contribution in [0.15, 0.2) is 24.3 Å². The summed E-state index contributed by atoms with van der Waals surface area (Å²) in [5.41, 5.74) is 0.665. The molecule has 0 aliphatic carbocycles. The average Bonchev–Trinajstić information content (AvgIpc) is 2.43. The maximum Gasteiger partial charge on any atom is 0.337 e. The van der Waals surface area contributed by atoms with E-state index >= 15 is 0 Å². The van der Waals surface area contributed by atoms with E-state index in [2.05, 4.69) is 14.2 Å². The van der Waals surface area contributed by atoms with Crippen molar-refractivity contribution in [2.75, 3.05) is 20.8 Å². The first-order valence-corrected chi connectivity index (χ1v) is 7.24. The van der Waals surface area contributed by atoms with E-state index in [4.69, 9.17) is 0 Å². The average molecular weight is 301 g/mol. The largest absolute Gasteiger partial charge is 0.468 e. The van der Waals surface area contributed by atoms with Crippen LogP contribution < -0.4 is 4.72 Å². The lowest BCUT2D eigenvalue weighted by molar-refractivity contribution is -0.139. The van der Waals surface area contributed by atoms with Crippen molar-refractivity contribution in [1.29, 1.82) is 0 Å². The normalized spacial score (nSPS) is 10.9. The Morgan fingerprint density at radius 1 is 1.20 bits per heavy atom. The highest BCUT2D eigenvalue weighted by Crippen LogP contribution is 2.09. The minimum Gasteiger partial charge on any atom is -0.468 e. The lowest BCUT2D eigenvalue weighted by Crippen LogP contribution is -2.31. The fraction of sp³-hybridized carbons (Fsp3) is 0.333. The monoisotopic (exact) mass is 301 g/mol. The first-order valence-electron chi connectivity index (χ1n) is 5.59. The van der Waals surface area contributed by atoms with Gasteiger partial charge in [-0.2, -0.15) is 0 Å². The molecule has 0 bridgehead atoms. The number of methoxy groups -OCH3 is 2. The van der Waals surface area contributed by atoms with Gasteiger partial charge in [0.15, 0.2) is 0 Å². The number of hydrogen-bond acceptors (Lipinski definition) is 6. The summed E-state index contributed by atoms with van der Waals surface area (Å²) >= 11 is 0. The number of nitrogens with one attached hydrogen (secondary N) is 1. The van der Waals surface area contributed by atoms with Gasteiger partial charge in [0.25, 0.3) is 0 Å². The van der Waals surface area contributed by atoms with Gasteiger partial charge in [0.2, 0.25) is 10.0 Å². The second-order valence-electron chi connectivity index (χ2n) is 3.85. The van der Waals surface area contributed by atoms with Crippen molar-refractivity contribution in [3.63, 3.8) is 0 Å². The highest BCUT2D eigenvalue weighted by molar-refractivity contribution is 7.88. The highest BCUT2D eigenvalue weighted by Gasteiger charge is 2.15. The Labute approximate surface area is 116 Å². The molecule has 7 nitrogen and oxygen atoms in total. The molecule has 0 amide bonds. The summed E-state index contributed by atoms with van der Waals surface area (Å²) in [5.74, 6) is -1.59. The molecule has 0 saturated heterocycles. The standard InChI is InChI=1S/C12H15NO6S/c1-18-11(14)7-13-20(16,17)8-9-4-3-5-10(6-9)12(15)19-2/h3-6,13H,7-8H2,1-2H3. The van der Waals surface area contributed by atoms with Crippen molar-refractivity contribution in [3.05, 3.63) is 35.4 Å². The number of carbonyl (C=O) groups is 2. The molecule has 0 aliphatic rings. The van der Waals surface area contributed by atoms with Crippen LogP contribution in [0.2, 0.25) is 0 Å². The number of sulfonamides is 1. The third-order valence-electron chi connectivity index (χ3n) is 2.37. The topological polar surface area (TPSA) is 98.8 Å². The fourth-order valence-corrected chi connectivity index (χ4v) is 2.48. The Kier molecular flexibility index (Phi) is 5.66. The molecule has 1 rings (SSSR count). The van der Waals surface area contributed by atoms with Crippen molar-refractivity contribution in [3.8, 4) is 0 Å². The number of benzene rings is 1. The second-order valence-corrected chi connectivity index (χ2v) is 5.66. The van der Waals surface area contributed by atoms with Gasteiger partial charge in [0.05, 0.1) is 25.5 Å². The smallest absolute Gasteiger partial charge is 0.337 e. The van der Waals surface area contributed by atoms with E-state index in [0.29, 0.717) is 5.56 Å². The van der Waals surface area contributed by atoms with Gasteiger partial charge < -0.3 is 9.47 Å². The summed E-state index contributed by atoms with van der Waals surface area (Å²) in [6, 6.07) is 6.05. The molecule has 0 radical (unpaired) electrons. The quantitative estimate of drug-likeness (QED) is 0.746.